The fraction of sp³-hybridized carbons (Fsp3) is 0.333. The van der Waals surface area contributed by atoms with Crippen LogP contribution in [0.5, 0.6) is 0 Å². The minimum atomic E-state index is 0.546. The molecule has 0 fully saturated rings. The van der Waals surface area contributed by atoms with E-state index < -0.39 is 0 Å². The normalized spacial score (nSPS) is 14.9. The van der Waals surface area contributed by atoms with Gasteiger partial charge in [-0.15, -0.1) is 5.10 Å². The molecule has 1 aliphatic rings. The fourth-order valence-electron chi connectivity index (χ4n) is 2.14. The van der Waals surface area contributed by atoms with Gasteiger partial charge in [-0.2, -0.15) is 0 Å². The monoisotopic (exact) mass is 286 g/mol. The minimum Gasteiger partial charge on any atom is -0.408 e. The summed E-state index contributed by atoms with van der Waals surface area (Å²) < 4.78 is 5.42. The largest absolute Gasteiger partial charge is 0.408 e. The van der Waals surface area contributed by atoms with Crippen LogP contribution in [0.3, 0.4) is 0 Å². The average molecular weight is 286 g/mol. The van der Waals surface area contributed by atoms with Crippen LogP contribution in [-0.4, -0.2) is 23.3 Å². The van der Waals surface area contributed by atoms with Crippen molar-refractivity contribution in [3.63, 3.8) is 0 Å². The van der Waals surface area contributed by atoms with E-state index in [1.807, 2.05) is 35.2 Å². The number of hydrogen-bond donors (Lipinski definition) is 1. The van der Waals surface area contributed by atoms with Crippen LogP contribution in [0, 0.1) is 6.92 Å². The fourth-order valence-corrected chi connectivity index (χ4v) is 2.14. The molecule has 0 bridgehead atoms. The number of aryl methyl sites for hydroxylation is 1. The summed E-state index contributed by atoms with van der Waals surface area (Å²) in [5.41, 5.74) is 5.24. The summed E-state index contributed by atoms with van der Waals surface area (Å²) in [6.45, 7) is 3.90. The molecule has 6 heteroatoms. The van der Waals surface area contributed by atoms with Crippen LogP contribution >= 0.6 is 0 Å². The standard InChI is InChI=1S/C15H18N4O2/c1-12-16-17-15(21-12)19-9-7-14(8-10-19)18-20-11-13-5-3-2-4-6-13/h2-7,18H,8-11H2,1H3. The Morgan fingerprint density at radius 3 is 2.81 bits per heavy atom. The van der Waals surface area contributed by atoms with Gasteiger partial charge in [-0.3, -0.25) is 10.3 Å². The highest BCUT2D eigenvalue weighted by Gasteiger charge is 2.16. The van der Waals surface area contributed by atoms with Crippen molar-refractivity contribution in [2.45, 2.75) is 20.0 Å². The van der Waals surface area contributed by atoms with E-state index in [4.69, 9.17) is 9.25 Å². The maximum Gasteiger partial charge on any atom is 0.318 e. The van der Waals surface area contributed by atoms with E-state index in [2.05, 4.69) is 21.8 Å². The van der Waals surface area contributed by atoms with Crippen molar-refractivity contribution in [3.05, 3.63) is 53.6 Å². The summed E-state index contributed by atoms with van der Waals surface area (Å²) in [7, 11) is 0. The lowest BCUT2D eigenvalue weighted by Crippen LogP contribution is -2.32. The van der Waals surface area contributed by atoms with E-state index in [0.717, 1.165) is 30.8 Å². The molecule has 6 nitrogen and oxygen atoms in total. The SMILES string of the molecule is Cc1nnc(N2CC=C(NOCc3ccccc3)CC2)o1. The summed E-state index contributed by atoms with van der Waals surface area (Å²) >= 11 is 0. The molecule has 2 heterocycles. The van der Waals surface area contributed by atoms with Gasteiger partial charge >= 0.3 is 6.01 Å². The highest BCUT2D eigenvalue weighted by molar-refractivity contribution is 5.29. The van der Waals surface area contributed by atoms with Gasteiger partial charge in [0.25, 0.3) is 0 Å². The van der Waals surface area contributed by atoms with E-state index in [1.165, 1.54) is 0 Å². The predicted molar refractivity (Wildman–Crippen MR) is 78.3 cm³/mol. The number of anilines is 1. The predicted octanol–water partition coefficient (Wildman–Crippen LogP) is 2.19. The van der Waals surface area contributed by atoms with E-state index in [9.17, 15) is 0 Å². The molecule has 3 rings (SSSR count). The van der Waals surface area contributed by atoms with Crippen molar-refractivity contribution in [3.8, 4) is 0 Å². The van der Waals surface area contributed by atoms with Crippen LogP contribution in [-0.2, 0) is 11.4 Å². The molecular formula is C15H18N4O2. The number of nitrogens with one attached hydrogen (secondary N) is 1. The zero-order valence-corrected chi connectivity index (χ0v) is 12.0. The summed E-state index contributed by atoms with van der Waals surface area (Å²) in [4.78, 5) is 7.56. The number of aromatic nitrogens is 2. The van der Waals surface area contributed by atoms with Crippen LogP contribution in [0.15, 0.2) is 46.5 Å². The van der Waals surface area contributed by atoms with Crippen molar-refractivity contribution in [1.82, 2.24) is 15.7 Å². The second-order valence-electron chi connectivity index (χ2n) is 4.91. The molecule has 0 unspecified atom stereocenters. The molecule has 0 amide bonds. The molecule has 1 aromatic heterocycles. The first-order chi connectivity index (χ1) is 10.3. The first kappa shape index (κ1) is 13.6. The molecule has 2 aromatic rings. The second-order valence-corrected chi connectivity index (χ2v) is 4.91. The van der Waals surface area contributed by atoms with Gasteiger partial charge < -0.3 is 9.32 Å². The number of hydrogen-bond acceptors (Lipinski definition) is 6. The average Bonchev–Trinajstić information content (AvgIpc) is 2.96. The molecule has 1 N–H and O–H groups in total. The Labute approximate surface area is 123 Å². The highest BCUT2D eigenvalue weighted by Crippen LogP contribution is 2.17. The molecule has 0 aliphatic carbocycles. The highest BCUT2D eigenvalue weighted by atomic mass is 16.6. The van der Waals surface area contributed by atoms with Gasteiger partial charge in [0, 0.05) is 32.1 Å². The van der Waals surface area contributed by atoms with Crippen molar-refractivity contribution < 1.29 is 9.25 Å². The van der Waals surface area contributed by atoms with Gasteiger partial charge in [0.1, 0.15) is 0 Å². The first-order valence-corrected chi connectivity index (χ1v) is 6.97. The zero-order valence-electron chi connectivity index (χ0n) is 12.0. The van der Waals surface area contributed by atoms with E-state index >= 15 is 0 Å². The van der Waals surface area contributed by atoms with Crippen molar-refractivity contribution >= 4 is 6.01 Å². The molecule has 21 heavy (non-hydrogen) atoms. The van der Waals surface area contributed by atoms with Gasteiger partial charge in [0.2, 0.25) is 5.89 Å². The van der Waals surface area contributed by atoms with E-state index in [-0.39, 0.29) is 0 Å². The number of nitrogens with zero attached hydrogens (tertiary/aromatic N) is 3. The molecule has 1 aromatic carbocycles. The third-order valence-corrected chi connectivity index (χ3v) is 3.28. The smallest absolute Gasteiger partial charge is 0.318 e. The maximum atomic E-state index is 5.52. The van der Waals surface area contributed by atoms with Gasteiger partial charge in [-0.25, -0.2) is 0 Å². The molecule has 0 spiro atoms. The van der Waals surface area contributed by atoms with Gasteiger partial charge in [0.05, 0.1) is 6.61 Å². The Hall–Kier alpha value is -2.34. The van der Waals surface area contributed by atoms with Gasteiger partial charge in [0.15, 0.2) is 0 Å². The van der Waals surface area contributed by atoms with E-state index in [0.29, 0.717) is 18.5 Å². The third-order valence-electron chi connectivity index (χ3n) is 3.28. The van der Waals surface area contributed by atoms with Crippen molar-refractivity contribution in [2.75, 3.05) is 18.0 Å². The lowest BCUT2D eigenvalue weighted by atomic mass is 10.2. The quantitative estimate of drug-likeness (QED) is 0.850. The Balaban J connectivity index is 1.47. The number of benzene rings is 1. The third kappa shape index (κ3) is 3.61. The summed E-state index contributed by atoms with van der Waals surface area (Å²) in [5, 5.41) is 7.87. The Morgan fingerprint density at radius 2 is 2.14 bits per heavy atom. The van der Waals surface area contributed by atoms with Crippen molar-refractivity contribution in [2.24, 2.45) is 0 Å². The lowest BCUT2D eigenvalue weighted by Gasteiger charge is -2.24. The van der Waals surface area contributed by atoms with E-state index in [1.54, 1.807) is 6.92 Å². The Kier molecular flexibility index (Phi) is 4.16. The molecule has 0 atom stereocenters. The summed E-state index contributed by atoms with van der Waals surface area (Å²) in [5.74, 6) is 0.587. The number of rotatable bonds is 5. The number of hydroxylamine groups is 1. The van der Waals surface area contributed by atoms with Crippen LogP contribution in [0.1, 0.15) is 17.9 Å². The first-order valence-electron chi connectivity index (χ1n) is 6.97. The molecule has 0 saturated carbocycles. The second kappa shape index (κ2) is 6.41. The topological polar surface area (TPSA) is 63.4 Å². The van der Waals surface area contributed by atoms with Crippen LogP contribution in [0.2, 0.25) is 0 Å². The molecule has 1 aliphatic heterocycles. The van der Waals surface area contributed by atoms with Gasteiger partial charge in [-0.05, 0) is 11.6 Å². The molecule has 0 saturated heterocycles. The zero-order chi connectivity index (χ0) is 14.5. The molecular weight excluding hydrogens is 268 g/mol. The van der Waals surface area contributed by atoms with Crippen molar-refractivity contribution in [1.29, 1.82) is 0 Å². The lowest BCUT2D eigenvalue weighted by molar-refractivity contribution is 0.0465. The summed E-state index contributed by atoms with van der Waals surface area (Å²) in [6, 6.07) is 10.7. The van der Waals surface area contributed by atoms with Crippen LogP contribution in [0.4, 0.5) is 6.01 Å². The Morgan fingerprint density at radius 1 is 1.29 bits per heavy atom. The van der Waals surface area contributed by atoms with Gasteiger partial charge in [-0.1, -0.05) is 35.4 Å². The van der Waals surface area contributed by atoms with Crippen LogP contribution in [0.25, 0.3) is 0 Å². The summed E-state index contributed by atoms with van der Waals surface area (Å²) in [6.07, 6.45) is 2.93. The Bertz CT molecular complexity index is 609. The molecule has 0 radical (unpaired) electrons. The molecule has 110 valence electrons. The minimum absolute atomic E-state index is 0.546. The maximum absolute atomic E-state index is 5.52. The van der Waals surface area contributed by atoms with Crippen LogP contribution < -0.4 is 10.4 Å².